The first-order chi connectivity index (χ1) is 17.0. The van der Waals surface area contributed by atoms with Crippen LogP contribution in [0.4, 0.5) is 0 Å². The first kappa shape index (κ1) is 22.5. The Hall–Kier alpha value is -4.33. The normalized spacial score (nSPS) is 16.2. The van der Waals surface area contributed by atoms with Crippen LogP contribution in [0.25, 0.3) is 0 Å². The monoisotopic (exact) mass is 472 g/mol. The number of benzene rings is 3. The number of carbonyl (C=O) groups is 3. The fourth-order valence-corrected chi connectivity index (χ4v) is 4.33. The van der Waals surface area contributed by atoms with Gasteiger partial charge in [0.05, 0.1) is 36.9 Å². The summed E-state index contributed by atoms with van der Waals surface area (Å²) in [5, 5.41) is 0. The van der Waals surface area contributed by atoms with E-state index in [1.165, 1.54) is 12.0 Å². The minimum Gasteiger partial charge on any atom is -0.496 e. The van der Waals surface area contributed by atoms with Crippen LogP contribution in [0.15, 0.2) is 66.7 Å². The number of methoxy groups -OCH3 is 1. The molecule has 8 heteroatoms. The number of amides is 3. The third-order valence-electron chi connectivity index (χ3n) is 6.10. The standard InChI is InChI=1S/C27H24N2O6/c1-28(15-18-16-34-23-9-5-6-10-24(23)35-18)25(30)21-13-17(11-12-22(21)33-2)14-29-26(31)19-7-3-4-8-20(19)27(29)32/h3-13,18H,14-16H2,1-2H3. The molecule has 3 amide bonds. The Balaban J connectivity index is 1.32. The van der Waals surface area contributed by atoms with Crippen LogP contribution in [0.3, 0.4) is 0 Å². The highest BCUT2D eigenvalue weighted by molar-refractivity contribution is 6.21. The highest BCUT2D eigenvalue weighted by Gasteiger charge is 2.35. The summed E-state index contributed by atoms with van der Waals surface area (Å²) in [6.45, 7) is 0.682. The number of imide groups is 1. The van der Waals surface area contributed by atoms with Gasteiger partial charge in [-0.15, -0.1) is 0 Å². The molecule has 2 aliphatic rings. The molecule has 0 bridgehead atoms. The van der Waals surface area contributed by atoms with E-state index in [-0.39, 0.29) is 30.4 Å². The van der Waals surface area contributed by atoms with E-state index >= 15 is 0 Å². The second-order valence-corrected chi connectivity index (χ2v) is 8.46. The van der Waals surface area contributed by atoms with Gasteiger partial charge in [0.25, 0.3) is 17.7 Å². The molecule has 0 spiro atoms. The van der Waals surface area contributed by atoms with Crippen LogP contribution in [-0.2, 0) is 6.54 Å². The van der Waals surface area contributed by atoms with Gasteiger partial charge in [0.2, 0.25) is 0 Å². The summed E-state index contributed by atoms with van der Waals surface area (Å²) in [6, 6.07) is 19.2. The molecule has 35 heavy (non-hydrogen) atoms. The molecular weight excluding hydrogens is 448 g/mol. The molecular formula is C27H24N2O6. The lowest BCUT2D eigenvalue weighted by atomic mass is 10.1. The van der Waals surface area contributed by atoms with E-state index in [1.807, 2.05) is 24.3 Å². The van der Waals surface area contributed by atoms with Crippen LogP contribution in [0.5, 0.6) is 17.2 Å². The van der Waals surface area contributed by atoms with Crippen molar-refractivity contribution >= 4 is 17.7 Å². The molecule has 0 aliphatic carbocycles. The maximum absolute atomic E-state index is 13.3. The zero-order valence-electron chi connectivity index (χ0n) is 19.4. The van der Waals surface area contributed by atoms with E-state index in [2.05, 4.69) is 0 Å². The van der Waals surface area contributed by atoms with E-state index in [1.54, 1.807) is 54.4 Å². The predicted octanol–water partition coefficient (Wildman–Crippen LogP) is 3.40. The number of rotatable bonds is 6. The summed E-state index contributed by atoms with van der Waals surface area (Å²) in [6.07, 6.45) is -0.327. The van der Waals surface area contributed by atoms with E-state index in [4.69, 9.17) is 14.2 Å². The molecule has 2 heterocycles. The summed E-state index contributed by atoms with van der Waals surface area (Å²) in [4.78, 5) is 41.6. The van der Waals surface area contributed by atoms with Gasteiger partial charge in [-0.25, -0.2) is 0 Å². The molecule has 0 fully saturated rings. The second-order valence-electron chi connectivity index (χ2n) is 8.46. The molecule has 1 atom stereocenters. The van der Waals surface area contributed by atoms with Gasteiger partial charge in [-0.05, 0) is 42.0 Å². The number of hydrogen-bond donors (Lipinski definition) is 0. The van der Waals surface area contributed by atoms with E-state index < -0.39 is 0 Å². The van der Waals surface area contributed by atoms with Crippen molar-refractivity contribution < 1.29 is 28.6 Å². The molecule has 178 valence electrons. The van der Waals surface area contributed by atoms with Gasteiger partial charge < -0.3 is 19.1 Å². The van der Waals surface area contributed by atoms with Gasteiger partial charge in [-0.1, -0.05) is 30.3 Å². The van der Waals surface area contributed by atoms with Crippen LogP contribution in [0, 0.1) is 0 Å². The number of nitrogens with zero attached hydrogens (tertiary/aromatic N) is 2. The van der Waals surface area contributed by atoms with Crippen molar-refractivity contribution in [2.24, 2.45) is 0 Å². The first-order valence-electron chi connectivity index (χ1n) is 11.2. The average Bonchev–Trinajstić information content (AvgIpc) is 3.13. The molecule has 3 aromatic rings. The number of para-hydroxylation sites is 2. The van der Waals surface area contributed by atoms with Gasteiger partial charge in [-0.2, -0.15) is 0 Å². The molecule has 0 saturated carbocycles. The number of hydrogen-bond acceptors (Lipinski definition) is 6. The lowest BCUT2D eigenvalue weighted by Crippen LogP contribution is -2.41. The third kappa shape index (κ3) is 4.19. The van der Waals surface area contributed by atoms with Crippen LogP contribution in [-0.4, -0.2) is 60.9 Å². The fourth-order valence-electron chi connectivity index (χ4n) is 4.33. The molecule has 0 N–H and O–H groups in total. The minimum absolute atomic E-state index is 0.0523. The molecule has 0 radical (unpaired) electrons. The Bertz CT molecular complexity index is 1290. The van der Waals surface area contributed by atoms with Crippen molar-refractivity contribution in [2.45, 2.75) is 12.6 Å². The summed E-state index contributed by atoms with van der Waals surface area (Å²) < 4.78 is 17.2. The average molecular weight is 472 g/mol. The second kappa shape index (κ2) is 9.13. The number of carbonyl (C=O) groups excluding carboxylic acids is 3. The minimum atomic E-state index is -0.346. The smallest absolute Gasteiger partial charge is 0.261 e. The third-order valence-corrected chi connectivity index (χ3v) is 6.10. The Kier molecular flexibility index (Phi) is 5.86. The summed E-state index contributed by atoms with van der Waals surface area (Å²) in [5.74, 6) is 0.764. The van der Waals surface area contributed by atoms with Crippen LogP contribution >= 0.6 is 0 Å². The van der Waals surface area contributed by atoms with Crippen molar-refractivity contribution in [3.05, 3.63) is 89.0 Å². The highest BCUT2D eigenvalue weighted by atomic mass is 16.6. The Morgan fingerprint density at radius 1 is 1.00 bits per heavy atom. The summed E-state index contributed by atoms with van der Waals surface area (Å²) in [5.41, 5.74) is 1.75. The van der Waals surface area contributed by atoms with E-state index in [9.17, 15) is 14.4 Å². The molecule has 0 saturated heterocycles. The van der Waals surface area contributed by atoms with E-state index in [0.717, 1.165) is 0 Å². The van der Waals surface area contributed by atoms with Gasteiger partial charge in [0.15, 0.2) is 17.6 Å². The fraction of sp³-hybridized carbons (Fsp3) is 0.222. The zero-order valence-corrected chi connectivity index (χ0v) is 19.4. The Morgan fingerprint density at radius 3 is 2.34 bits per heavy atom. The number of ether oxygens (including phenoxy) is 3. The molecule has 5 rings (SSSR count). The summed E-state index contributed by atoms with van der Waals surface area (Å²) >= 11 is 0. The topological polar surface area (TPSA) is 85.4 Å². The quantitative estimate of drug-likeness (QED) is 0.511. The molecule has 1 unspecified atom stereocenters. The van der Waals surface area contributed by atoms with Crippen LogP contribution in [0.1, 0.15) is 36.6 Å². The number of fused-ring (bicyclic) bond motifs is 2. The maximum Gasteiger partial charge on any atom is 0.261 e. The SMILES string of the molecule is COc1ccc(CN2C(=O)c3ccccc3C2=O)cc1C(=O)N(C)CC1COc2ccccc2O1. The lowest BCUT2D eigenvalue weighted by Gasteiger charge is -2.30. The maximum atomic E-state index is 13.3. The van der Waals surface area contributed by atoms with E-state index in [0.29, 0.717) is 52.7 Å². The predicted molar refractivity (Wildman–Crippen MR) is 127 cm³/mol. The van der Waals surface area contributed by atoms with Crippen LogP contribution < -0.4 is 14.2 Å². The van der Waals surface area contributed by atoms with Crippen molar-refractivity contribution in [3.8, 4) is 17.2 Å². The Morgan fingerprint density at radius 2 is 1.66 bits per heavy atom. The van der Waals surface area contributed by atoms with Crippen molar-refractivity contribution in [2.75, 3.05) is 27.3 Å². The molecule has 8 nitrogen and oxygen atoms in total. The van der Waals surface area contributed by atoms with Crippen molar-refractivity contribution in [1.82, 2.24) is 9.80 Å². The highest BCUT2D eigenvalue weighted by Crippen LogP contribution is 2.31. The van der Waals surface area contributed by atoms with Crippen molar-refractivity contribution in [3.63, 3.8) is 0 Å². The van der Waals surface area contributed by atoms with Crippen molar-refractivity contribution in [1.29, 1.82) is 0 Å². The van der Waals surface area contributed by atoms with Crippen LogP contribution in [0.2, 0.25) is 0 Å². The molecule has 2 aliphatic heterocycles. The summed E-state index contributed by atoms with van der Waals surface area (Å²) in [7, 11) is 3.17. The van der Waals surface area contributed by atoms with Gasteiger partial charge in [0, 0.05) is 7.05 Å². The molecule has 3 aromatic carbocycles. The lowest BCUT2D eigenvalue weighted by molar-refractivity contribution is 0.0519. The van der Waals surface area contributed by atoms with Gasteiger partial charge in [0.1, 0.15) is 12.4 Å². The zero-order chi connectivity index (χ0) is 24.5. The largest absolute Gasteiger partial charge is 0.496 e. The van der Waals surface area contributed by atoms with Gasteiger partial charge >= 0.3 is 0 Å². The Labute approximate surface area is 202 Å². The first-order valence-corrected chi connectivity index (χ1v) is 11.2. The van der Waals surface area contributed by atoms with Gasteiger partial charge in [-0.3, -0.25) is 19.3 Å². The molecule has 0 aromatic heterocycles. The number of likely N-dealkylation sites (N-methyl/N-ethyl adjacent to an activating group) is 1.